The maximum atomic E-state index is 13.8. The Bertz CT molecular complexity index is 1350. The summed E-state index contributed by atoms with van der Waals surface area (Å²) >= 11 is 0. The summed E-state index contributed by atoms with van der Waals surface area (Å²) < 4.78 is 20.9. The lowest BCUT2D eigenvalue weighted by atomic mass is 9.88. The van der Waals surface area contributed by atoms with Crippen LogP contribution in [-0.2, 0) is 7.05 Å². The summed E-state index contributed by atoms with van der Waals surface area (Å²) in [5.41, 5.74) is 3.37. The molecule has 5 rings (SSSR count). The SMILES string of the molecule is COc1cc(F)ccc1N(C1CC1)[C@H]1CC[C@H](N(C)c2cc(=O)n(C)c3ccc(C#N)nc23)CC1. The van der Waals surface area contributed by atoms with E-state index in [1.54, 1.807) is 36.9 Å². The normalized spacial score (nSPS) is 19.9. The van der Waals surface area contributed by atoms with Crippen LogP contribution in [-0.4, -0.2) is 41.8 Å². The van der Waals surface area contributed by atoms with Crippen molar-refractivity contribution in [1.82, 2.24) is 9.55 Å². The van der Waals surface area contributed by atoms with Crippen LogP contribution in [0.5, 0.6) is 5.75 Å². The number of methoxy groups -OCH3 is 1. The van der Waals surface area contributed by atoms with Crippen molar-refractivity contribution in [3.63, 3.8) is 0 Å². The zero-order chi connectivity index (χ0) is 24.7. The molecule has 182 valence electrons. The van der Waals surface area contributed by atoms with E-state index in [1.165, 1.54) is 12.1 Å². The van der Waals surface area contributed by atoms with Crippen molar-refractivity contribution in [2.75, 3.05) is 24.0 Å². The fourth-order valence-corrected chi connectivity index (χ4v) is 5.47. The first kappa shape index (κ1) is 23.2. The Hall–Kier alpha value is -3.60. The fourth-order valence-electron chi connectivity index (χ4n) is 5.47. The zero-order valence-corrected chi connectivity index (χ0v) is 20.4. The molecular formula is C27H30FN5O2. The van der Waals surface area contributed by atoms with Gasteiger partial charge in [-0.25, -0.2) is 9.37 Å². The number of aryl methyl sites for hydroxylation is 1. The van der Waals surface area contributed by atoms with Gasteiger partial charge in [0.25, 0.3) is 5.56 Å². The van der Waals surface area contributed by atoms with Crippen LogP contribution in [0.2, 0.25) is 0 Å². The number of hydrogen-bond donors (Lipinski definition) is 0. The summed E-state index contributed by atoms with van der Waals surface area (Å²) in [7, 11) is 5.33. The van der Waals surface area contributed by atoms with Gasteiger partial charge in [0, 0.05) is 44.4 Å². The molecule has 0 unspecified atom stereocenters. The number of fused-ring (bicyclic) bond motifs is 1. The number of pyridine rings is 2. The molecule has 2 aliphatic carbocycles. The van der Waals surface area contributed by atoms with Gasteiger partial charge in [-0.05, 0) is 62.8 Å². The Morgan fingerprint density at radius 3 is 2.31 bits per heavy atom. The van der Waals surface area contributed by atoms with E-state index >= 15 is 0 Å². The predicted octanol–water partition coefficient (Wildman–Crippen LogP) is 4.37. The average molecular weight is 476 g/mol. The van der Waals surface area contributed by atoms with E-state index in [9.17, 15) is 14.4 Å². The van der Waals surface area contributed by atoms with Crippen LogP contribution in [0.25, 0.3) is 11.0 Å². The Labute approximate surface area is 204 Å². The minimum atomic E-state index is -0.291. The van der Waals surface area contributed by atoms with Crippen LogP contribution >= 0.6 is 0 Å². The molecule has 0 aliphatic heterocycles. The second-order valence-electron chi connectivity index (χ2n) is 9.63. The van der Waals surface area contributed by atoms with E-state index in [0.717, 1.165) is 55.4 Å². The van der Waals surface area contributed by atoms with Gasteiger partial charge < -0.3 is 19.1 Å². The molecule has 3 aromatic rings. The van der Waals surface area contributed by atoms with E-state index in [0.29, 0.717) is 29.0 Å². The molecule has 2 aliphatic rings. The fraction of sp³-hybridized carbons (Fsp3) is 0.444. The summed E-state index contributed by atoms with van der Waals surface area (Å²) in [6.45, 7) is 0. The molecule has 0 bridgehead atoms. The van der Waals surface area contributed by atoms with E-state index in [2.05, 4.69) is 20.9 Å². The van der Waals surface area contributed by atoms with Crippen molar-refractivity contribution in [3.05, 3.63) is 58.3 Å². The molecule has 35 heavy (non-hydrogen) atoms. The third kappa shape index (κ3) is 4.31. The van der Waals surface area contributed by atoms with Gasteiger partial charge in [0.05, 0.1) is 24.0 Å². The highest BCUT2D eigenvalue weighted by Gasteiger charge is 2.38. The Morgan fingerprint density at radius 1 is 1.03 bits per heavy atom. The molecule has 7 nitrogen and oxygen atoms in total. The molecule has 0 N–H and O–H groups in total. The standard InChI is InChI=1S/C27H30FN5O2/c1-31(24-15-26(34)32(2)23-13-5-18(16-29)30-27(23)24)19-6-8-20(9-7-19)33(21-10-11-21)22-12-4-17(28)14-25(22)35-3/h4-5,12-15,19-21H,6-11H2,1-3H3/t19-,20-. The molecule has 1 aromatic carbocycles. The van der Waals surface area contributed by atoms with Gasteiger partial charge in [0.1, 0.15) is 28.8 Å². The number of rotatable bonds is 6. The van der Waals surface area contributed by atoms with Gasteiger partial charge in [0.2, 0.25) is 0 Å². The second-order valence-corrected chi connectivity index (χ2v) is 9.63. The van der Waals surface area contributed by atoms with E-state index in [-0.39, 0.29) is 17.4 Å². The number of nitrogens with zero attached hydrogens (tertiary/aromatic N) is 5. The quantitative estimate of drug-likeness (QED) is 0.527. The maximum absolute atomic E-state index is 13.8. The largest absolute Gasteiger partial charge is 0.494 e. The first-order valence-corrected chi connectivity index (χ1v) is 12.2. The van der Waals surface area contributed by atoms with Crippen LogP contribution in [0.3, 0.4) is 0 Å². The average Bonchev–Trinajstić information content (AvgIpc) is 3.72. The molecule has 2 fully saturated rings. The molecule has 0 radical (unpaired) electrons. The van der Waals surface area contributed by atoms with Crippen LogP contribution in [0, 0.1) is 17.1 Å². The van der Waals surface area contributed by atoms with Crippen molar-refractivity contribution in [2.24, 2.45) is 7.05 Å². The van der Waals surface area contributed by atoms with Crippen molar-refractivity contribution in [2.45, 2.75) is 56.7 Å². The first-order chi connectivity index (χ1) is 16.9. The monoisotopic (exact) mass is 475 g/mol. The van der Waals surface area contributed by atoms with Crippen LogP contribution in [0.1, 0.15) is 44.2 Å². The van der Waals surface area contributed by atoms with Crippen molar-refractivity contribution < 1.29 is 9.13 Å². The maximum Gasteiger partial charge on any atom is 0.252 e. The van der Waals surface area contributed by atoms with Gasteiger partial charge >= 0.3 is 0 Å². The van der Waals surface area contributed by atoms with E-state index < -0.39 is 0 Å². The predicted molar refractivity (Wildman–Crippen MR) is 135 cm³/mol. The Balaban J connectivity index is 1.39. The van der Waals surface area contributed by atoms with Gasteiger partial charge in [-0.3, -0.25) is 4.79 Å². The topological polar surface area (TPSA) is 74.4 Å². The smallest absolute Gasteiger partial charge is 0.252 e. The highest BCUT2D eigenvalue weighted by molar-refractivity contribution is 5.88. The molecule has 2 aromatic heterocycles. The number of anilines is 2. The van der Waals surface area contributed by atoms with Crippen LogP contribution in [0.4, 0.5) is 15.8 Å². The van der Waals surface area contributed by atoms with Gasteiger partial charge in [-0.1, -0.05) is 0 Å². The number of aromatic nitrogens is 2. The Morgan fingerprint density at radius 2 is 1.69 bits per heavy atom. The summed E-state index contributed by atoms with van der Waals surface area (Å²) in [4.78, 5) is 21.8. The summed E-state index contributed by atoms with van der Waals surface area (Å²) in [6, 6.07) is 13.1. The van der Waals surface area contributed by atoms with Gasteiger partial charge in [-0.15, -0.1) is 0 Å². The van der Waals surface area contributed by atoms with Gasteiger partial charge in [-0.2, -0.15) is 5.26 Å². The third-order valence-electron chi connectivity index (χ3n) is 7.53. The van der Waals surface area contributed by atoms with Crippen LogP contribution in [0.15, 0.2) is 41.2 Å². The first-order valence-electron chi connectivity index (χ1n) is 12.2. The lowest BCUT2D eigenvalue weighted by molar-refractivity contribution is 0.360. The summed E-state index contributed by atoms with van der Waals surface area (Å²) in [5.74, 6) is 0.295. The van der Waals surface area contributed by atoms with Crippen LogP contribution < -0.4 is 20.1 Å². The molecule has 0 saturated heterocycles. The molecule has 2 saturated carbocycles. The number of halogens is 1. The summed E-state index contributed by atoms with van der Waals surface area (Å²) in [5, 5.41) is 9.35. The van der Waals surface area contributed by atoms with Crippen molar-refractivity contribution in [1.29, 1.82) is 5.26 Å². The highest BCUT2D eigenvalue weighted by Crippen LogP contribution is 2.42. The minimum absolute atomic E-state index is 0.0946. The molecular weight excluding hydrogens is 445 g/mol. The molecule has 0 amide bonds. The lowest BCUT2D eigenvalue weighted by Crippen LogP contribution is -2.44. The van der Waals surface area contributed by atoms with E-state index in [1.807, 2.05) is 13.1 Å². The highest BCUT2D eigenvalue weighted by atomic mass is 19.1. The van der Waals surface area contributed by atoms with Crippen molar-refractivity contribution >= 4 is 22.4 Å². The minimum Gasteiger partial charge on any atom is -0.494 e. The number of ether oxygens (including phenoxy) is 1. The zero-order valence-electron chi connectivity index (χ0n) is 20.4. The Kier molecular flexibility index (Phi) is 6.10. The number of nitriles is 1. The third-order valence-corrected chi connectivity index (χ3v) is 7.53. The molecule has 8 heteroatoms. The van der Waals surface area contributed by atoms with Gasteiger partial charge in [0.15, 0.2) is 0 Å². The number of benzene rings is 1. The number of hydrogen-bond acceptors (Lipinski definition) is 6. The van der Waals surface area contributed by atoms with E-state index in [4.69, 9.17) is 4.74 Å². The molecule has 0 spiro atoms. The lowest BCUT2D eigenvalue weighted by Gasteiger charge is -2.42. The van der Waals surface area contributed by atoms with Crippen molar-refractivity contribution in [3.8, 4) is 11.8 Å². The summed E-state index contributed by atoms with van der Waals surface area (Å²) in [6.07, 6.45) is 6.20. The molecule has 0 atom stereocenters. The second kappa shape index (κ2) is 9.21. The molecule has 2 heterocycles.